The molecule has 0 fully saturated rings. The van der Waals surface area contributed by atoms with E-state index in [-0.39, 0.29) is 11.9 Å². The van der Waals surface area contributed by atoms with E-state index in [1.54, 1.807) is 6.26 Å². The van der Waals surface area contributed by atoms with Gasteiger partial charge < -0.3 is 15.5 Å². The molecule has 1 heterocycles. The quantitative estimate of drug-likeness (QED) is 0.863. The van der Waals surface area contributed by atoms with Gasteiger partial charge in [-0.25, -0.2) is 0 Å². The predicted molar refractivity (Wildman–Crippen MR) is 73.3 cm³/mol. The van der Waals surface area contributed by atoms with E-state index in [4.69, 9.17) is 10.2 Å². The van der Waals surface area contributed by atoms with Gasteiger partial charge in [0.25, 0.3) is 0 Å². The second-order valence-electron chi connectivity index (χ2n) is 4.45. The van der Waals surface area contributed by atoms with Gasteiger partial charge in [-0.2, -0.15) is 0 Å². The van der Waals surface area contributed by atoms with E-state index in [0.29, 0.717) is 13.0 Å². The number of nitrogens with one attached hydrogen (secondary N) is 1. The normalized spacial score (nSPS) is 12.1. The van der Waals surface area contributed by atoms with Crippen molar-refractivity contribution in [2.75, 3.05) is 0 Å². The van der Waals surface area contributed by atoms with E-state index >= 15 is 0 Å². The molecule has 3 N–H and O–H groups in total. The molecule has 4 nitrogen and oxygen atoms in total. The molecule has 0 radical (unpaired) electrons. The predicted octanol–water partition coefficient (Wildman–Crippen LogP) is 2.16. The van der Waals surface area contributed by atoms with Crippen molar-refractivity contribution in [3.63, 3.8) is 0 Å². The summed E-state index contributed by atoms with van der Waals surface area (Å²) >= 11 is 0. The van der Waals surface area contributed by atoms with Crippen LogP contribution in [-0.2, 0) is 17.8 Å². The van der Waals surface area contributed by atoms with Gasteiger partial charge in [0.2, 0.25) is 5.91 Å². The van der Waals surface area contributed by atoms with E-state index in [0.717, 1.165) is 16.9 Å². The van der Waals surface area contributed by atoms with Crippen LogP contribution in [0.1, 0.15) is 29.9 Å². The molecule has 0 saturated carbocycles. The van der Waals surface area contributed by atoms with Crippen molar-refractivity contribution < 1.29 is 9.21 Å². The zero-order valence-electron chi connectivity index (χ0n) is 10.9. The Kier molecular flexibility index (Phi) is 4.36. The van der Waals surface area contributed by atoms with Gasteiger partial charge in [-0.15, -0.1) is 0 Å². The van der Waals surface area contributed by atoms with Gasteiger partial charge in [-0.1, -0.05) is 24.3 Å². The summed E-state index contributed by atoms with van der Waals surface area (Å²) in [6.45, 7) is 2.34. The highest BCUT2D eigenvalue weighted by molar-refractivity contribution is 5.79. The Balaban J connectivity index is 1.98. The van der Waals surface area contributed by atoms with Crippen LogP contribution in [0.2, 0.25) is 0 Å². The van der Waals surface area contributed by atoms with Crippen LogP contribution >= 0.6 is 0 Å². The molecular formula is C15H18N2O2. The highest BCUT2D eigenvalue weighted by Gasteiger charge is 2.13. The Bertz CT molecular complexity index is 535. The molecule has 2 rings (SSSR count). The van der Waals surface area contributed by atoms with Crippen LogP contribution < -0.4 is 11.1 Å². The molecule has 0 saturated heterocycles. The summed E-state index contributed by atoms with van der Waals surface area (Å²) in [5.74, 6) is 0.713. The van der Waals surface area contributed by atoms with Crippen LogP contribution in [0.3, 0.4) is 0 Å². The first-order valence-corrected chi connectivity index (χ1v) is 6.30. The van der Waals surface area contributed by atoms with Crippen LogP contribution in [0, 0.1) is 0 Å². The summed E-state index contributed by atoms with van der Waals surface area (Å²) in [6, 6.07) is 11.2. The smallest absolute Gasteiger partial charge is 0.225 e. The van der Waals surface area contributed by atoms with Crippen LogP contribution in [0.5, 0.6) is 0 Å². The summed E-state index contributed by atoms with van der Waals surface area (Å²) < 4.78 is 5.26. The summed E-state index contributed by atoms with van der Waals surface area (Å²) in [7, 11) is 0. The lowest BCUT2D eigenvalue weighted by Crippen LogP contribution is -2.28. The van der Waals surface area contributed by atoms with Crippen molar-refractivity contribution >= 4 is 5.91 Å². The summed E-state index contributed by atoms with van der Waals surface area (Å²) in [4.78, 5) is 12.0. The molecule has 1 aromatic heterocycles. The molecule has 1 unspecified atom stereocenters. The Hall–Kier alpha value is -2.07. The van der Waals surface area contributed by atoms with Crippen molar-refractivity contribution in [1.82, 2.24) is 5.32 Å². The molecular weight excluding hydrogens is 240 g/mol. The summed E-state index contributed by atoms with van der Waals surface area (Å²) in [5.41, 5.74) is 7.63. The molecule has 2 aromatic rings. The fourth-order valence-corrected chi connectivity index (χ4v) is 2.00. The molecule has 1 aromatic carbocycles. The Morgan fingerprint density at radius 3 is 2.63 bits per heavy atom. The van der Waals surface area contributed by atoms with Gasteiger partial charge in [0.1, 0.15) is 5.76 Å². The number of carbonyl (C=O) groups is 1. The fourth-order valence-electron chi connectivity index (χ4n) is 2.00. The maximum Gasteiger partial charge on any atom is 0.225 e. The number of carbonyl (C=O) groups excluding carboxylic acids is 1. The first-order valence-electron chi connectivity index (χ1n) is 6.30. The largest absolute Gasteiger partial charge is 0.467 e. The number of hydrogen-bond acceptors (Lipinski definition) is 3. The molecule has 4 heteroatoms. The number of benzene rings is 1. The van der Waals surface area contributed by atoms with E-state index < -0.39 is 0 Å². The first-order chi connectivity index (χ1) is 9.20. The monoisotopic (exact) mass is 258 g/mol. The summed E-state index contributed by atoms with van der Waals surface area (Å²) in [6.07, 6.45) is 1.93. The van der Waals surface area contributed by atoms with Gasteiger partial charge in [0, 0.05) is 6.54 Å². The molecule has 0 spiro atoms. The average molecular weight is 258 g/mol. The minimum Gasteiger partial charge on any atom is -0.467 e. The first kappa shape index (κ1) is 13.4. The van der Waals surface area contributed by atoms with Crippen molar-refractivity contribution in [2.24, 2.45) is 5.73 Å². The molecule has 0 aliphatic rings. The van der Waals surface area contributed by atoms with Crippen molar-refractivity contribution in [2.45, 2.75) is 25.9 Å². The van der Waals surface area contributed by atoms with Gasteiger partial charge in [-0.3, -0.25) is 4.79 Å². The minimum absolute atomic E-state index is 0.0372. The van der Waals surface area contributed by atoms with Crippen LogP contribution in [-0.4, -0.2) is 5.91 Å². The second-order valence-corrected chi connectivity index (χ2v) is 4.45. The third kappa shape index (κ3) is 3.45. The maximum atomic E-state index is 12.0. The SMILES string of the molecule is CC(NC(=O)Cc1ccccc1CN)c1ccco1. The lowest BCUT2D eigenvalue weighted by atomic mass is 10.0. The third-order valence-electron chi connectivity index (χ3n) is 3.04. The van der Waals surface area contributed by atoms with Crippen LogP contribution in [0.15, 0.2) is 47.1 Å². The van der Waals surface area contributed by atoms with Crippen LogP contribution in [0.4, 0.5) is 0 Å². The molecule has 19 heavy (non-hydrogen) atoms. The topological polar surface area (TPSA) is 68.3 Å². The molecule has 100 valence electrons. The van der Waals surface area contributed by atoms with Gasteiger partial charge in [-0.05, 0) is 30.2 Å². The number of furan rings is 1. The third-order valence-corrected chi connectivity index (χ3v) is 3.04. The van der Waals surface area contributed by atoms with Crippen molar-refractivity contribution in [3.8, 4) is 0 Å². The van der Waals surface area contributed by atoms with Crippen molar-refractivity contribution in [3.05, 3.63) is 59.5 Å². The maximum absolute atomic E-state index is 12.0. The molecule has 0 bridgehead atoms. The zero-order valence-corrected chi connectivity index (χ0v) is 10.9. The Labute approximate surface area is 112 Å². The van der Waals surface area contributed by atoms with Gasteiger partial charge in [0.15, 0.2) is 0 Å². The highest BCUT2D eigenvalue weighted by Crippen LogP contribution is 2.13. The number of hydrogen-bond donors (Lipinski definition) is 2. The number of rotatable bonds is 5. The van der Waals surface area contributed by atoms with E-state index in [1.165, 1.54) is 0 Å². The van der Waals surface area contributed by atoms with Crippen LogP contribution in [0.25, 0.3) is 0 Å². The van der Waals surface area contributed by atoms with E-state index in [9.17, 15) is 4.79 Å². The fraction of sp³-hybridized carbons (Fsp3) is 0.267. The molecule has 1 atom stereocenters. The summed E-state index contributed by atoms with van der Waals surface area (Å²) in [5, 5.41) is 2.91. The zero-order chi connectivity index (χ0) is 13.7. The lowest BCUT2D eigenvalue weighted by Gasteiger charge is -2.12. The molecule has 1 amide bonds. The van der Waals surface area contributed by atoms with Crippen molar-refractivity contribution in [1.29, 1.82) is 0 Å². The standard InChI is InChI=1S/C15H18N2O2/c1-11(14-7-4-8-19-14)17-15(18)9-12-5-2-3-6-13(12)10-16/h2-8,11H,9-10,16H2,1H3,(H,17,18). The average Bonchev–Trinajstić information content (AvgIpc) is 2.93. The number of nitrogens with two attached hydrogens (primary N) is 1. The lowest BCUT2D eigenvalue weighted by molar-refractivity contribution is -0.121. The Morgan fingerprint density at radius 2 is 2.00 bits per heavy atom. The Morgan fingerprint density at radius 1 is 1.26 bits per heavy atom. The highest BCUT2D eigenvalue weighted by atomic mass is 16.3. The molecule has 0 aliphatic heterocycles. The van der Waals surface area contributed by atoms with E-state index in [1.807, 2.05) is 43.3 Å². The second kappa shape index (κ2) is 6.20. The molecule has 0 aliphatic carbocycles. The van der Waals surface area contributed by atoms with Gasteiger partial charge in [0.05, 0.1) is 18.7 Å². The van der Waals surface area contributed by atoms with E-state index in [2.05, 4.69) is 5.32 Å². The van der Waals surface area contributed by atoms with Gasteiger partial charge >= 0.3 is 0 Å². The minimum atomic E-state index is -0.132. The number of amides is 1.